The van der Waals surface area contributed by atoms with Gasteiger partial charge < -0.3 is 15.2 Å². The second-order valence-electron chi connectivity index (χ2n) is 5.61. The molecule has 0 bridgehead atoms. The molecule has 0 spiro atoms. The van der Waals surface area contributed by atoms with Gasteiger partial charge in [-0.2, -0.15) is 5.10 Å². The molecule has 2 rings (SSSR count). The lowest BCUT2D eigenvalue weighted by Gasteiger charge is -2.13. The Bertz CT molecular complexity index is 788. The number of carbonyl (C=O) groups is 2. The highest BCUT2D eigenvalue weighted by molar-refractivity contribution is 6.31. The van der Waals surface area contributed by atoms with E-state index < -0.39 is 17.9 Å². The van der Waals surface area contributed by atoms with E-state index in [9.17, 15) is 9.59 Å². The molecule has 1 heterocycles. The number of carboxylic acid groups (broad SMARTS) is 1. The molecule has 0 fully saturated rings. The Morgan fingerprint density at radius 1 is 1.36 bits per heavy atom. The predicted octanol–water partition coefficient (Wildman–Crippen LogP) is 2.03. The van der Waals surface area contributed by atoms with Crippen LogP contribution in [0.1, 0.15) is 27.3 Å². The number of hydrogen-bond acceptors (Lipinski definition) is 4. The largest absolute Gasteiger partial charge is 0.480 e. The molecule has 1 unspecified atom stereocenters. The summed E-state index contributed by atoms with van der Waals surface area (Å²) in [5.41, 5.74) is 2.39. The number of carbonyl (C=O) groups excluding carboxylic acids is 1. The highest BCUT2D eigenvalue weighted by Crippen LogP contribution is 2.19. The zero-order chi connectivity index (χ0) is 18.6. The Hall–Kier alpha value is -2.38. The van der Waals surface area contributed by atoms with Crippen LogP contribution in [0.5, 0.6) is 0 Å². The monoisotopic (exact) mass is 365 g/mol. The minimum absolute atomic E-state index is 0.118. The van der Waals surface area contributed by atoms with E-state index in [1.54, 1.807) is 24.6 Å². The zero-order valence-electron chi connectivity index (χ0n) is 14.2. The first-order valence-electron chi connectivity index (χ1n) is 7.65. The molecular weight excluding hydrogens is 346 g/mol. The van der Waals surface area contributed by atoms with Crippen LogP contribution in [0, 0.1) is 13.8 Å². The summed E-state index contributed by atoms with van der Waals surface area (Å²) in [7, 11) is 1.38. The smallest absolute Gasteiger partial charge is 0.328 e. The molecule has 2 aromatic rings. The molecule has 25 heavy (non-hydrogen) atoms. The van der Waals surface area contributed by atoms with E-state index in [1.807, 2.05) is 18.2 Å². The normalized spacial score (nSPS) is 12.0. The minimum atomic E-state index is -1.16. The third-order valence-corrected chi connectivity index (χ3v) is 4.19. The number of aryl methyl sites for hydroxylation is 1. The first-order valence-corrected chi connectivity index (χ1v) is 8.03. The van der Waals surface area contributed by atoms with Crippen LogP contribution in [0.3, 0.4) is 0 Å². The van der Waals surface area contributed by atoms with Gasteiger partial charge in [0.2, 0.25) is 0 Å². The Labute approximate surface area is 150 Å². The Kier molecular flexibility index (Phi) is 6.17. The van der Waals surface area contributed by atoms with Crippen LogP contribution < -0.4 is 5.32 Å². The summed E-state index contributed by atoms with van der Waals surface area (Å²) in [4.78, 5) is 23.7. The molecule has 134 valence electrons. The van der Waals surface area contributed by atoms with E-state index in [4.69, 9.17) is 21.4 Å². The van der Waals surface area contributed by atoms with Crippen molar-refractivity contribution in [2.24, 2.45) is 0 Å². The second kappa shape index (κ2) is 8.13. The number of nitrogens with zero attached hydrogens (tertiary/aromatic N) is 2. The summed E-state index contributed by atoms with van der Waals surface area (Å²) >= 11 is 6.17. The van der Waals surface area contributed by atoms with Crippen molar-refractivity contribution < 1.29 is 19.4 Å². The maximum Gasteiger partial charge on any atom is 0.328 e. The average molecular weight is 366 g/mol. The van der Waals surface area contributed by atoms with Crippen LogP contribution in [0.15, 0.2) is 24.3 Å². The van der Waals surface area contributed by atoms with Gasteiger partial charge in [0.05, 0.1) is 24.4 Å². The molecule has 0 radical (unpaired) electrons. The van der Waals surface area contributed by atoms with Crippen molar-refractivity contribution in [3.8, 4) is 0 Å². The molecule has 0 saturated carbocycles. The van der Waals surface area contributed by atoms with E-state index >= 15 is 0 Å². The standard InChI is InChI=1S/C17H20ClN3O4/c1-10-15(16(22)19-14(9-25-3)17(23)24)11(2)21(20-10)8-12-6-4-5-7-13(12)18/h4-7,14H,8-9H2,1-3H3,(H,19,22)(H,23,24). The van der Waals surface area contributed by atoms with Gasteiger partial charge in [-0.3, -0.25) is 9.48 Å². The van der Waals surface area contributed by atoms with Crippen molar-refractivity contribution in [1.29, 1.82) is 0 Å². The van der Waals surface area contributed by atoms with Crippen LogP contribution in [-0.4, -0.2) is 46.5 Å². The van der Waals surface area contributed by atoms with E-state index in [1.165, 1.54) is 7.11 Å². The number of aliphatic carboxylic acids is 1. The van der Waals surface area contributed by atoms with Crippen molar-refractivity contribution in [3.05, 3.63) is 51.8 Å². The van der Waals surface area contributed by atoms with Crippen molar-refractivity contribution >= 4 is 23.5 Å². The fraction of sp³-hybridized carbons (Fsp3) is 0.353. The highest BCUT2D eigenvalue weighted by atomic mass is 35.5. The third kappa shape index (κ3) is 4.37. The number of aromatic nitrogens is 2. The maximum absolute atomic E-state index is 12.5. The van der Waals surface area contributed by atoms with Gasteiger partial charge in [0.1, 0.15) is 0 Å². The number of methoxy groups -OCH3 is 1. The number of nitrogens with one attached hydrogen (secondary N) is 1. The van der Waals surface area contributed by atoms with Crippen LogP contribution >= 0.6 is 11.6 Å². The van der Waals surface area contributed by atoms with Crippen LogP contribution in [0.4, 0.5) is 0 Å². The molecule has 1 atom stereocenters. The first-order chi connectivity index (χ1) is 11.8. The van der Waals surface area contributed by atoms with Crippen molar-refractivity contribution in [3.63, 3.8) is 0 Å². The van der Waals surface area contributed by atoms with Crippen molar-refractivity contribution in [1.82, 2.24) is 15.1 Å². The maximum atomic E-state index is 12.5. The Morgan fingerprint density at radius 3 is 2.64 bits per heavy atom. The van der Waals surface area contributed by atoms with E-state index in [0.717, 1.165) is 5.56 Å². The number of halogens is 1. The topological polar surface area (TPSA) is 93.5 Å². The van der Waals surface area contributed by atoms with Gasteiger partial charge in [-0.1, -0.05) is 29.8 Å². The molecular formula is C17H20ClN3O4. The number of hydrogen-bond donors (Lipinski definition) is 2. The zero-order valence-corrected chi connectivity index (χ0v) is 15.0. The number of ether oxygens (including phenoxy) is 1. The summed E-state index contributed by atoms with van der Waals surface area (Å²) in [5, 5.41) is 16.6. The molecule has 0 aliphatic rings. The molecule has 0 saturated heterocycles. The molecule has 1 aromatic carbocycles. The molecule has 1 amide bonds. The van der Waals surface area contributed by atoms with Gasteiger partial charge in [-0.15, -0.1) is 0 Å². The summed E-state index contributed by atoms with van der Waals surface area (Å²) in [5.74, 6) is -1.65. The average Bonchev–Trinajstić information content (AvgIpc) is 2.83. The summed E-state index contributed by atoms with van der Waals surface area (Å²) < 4.78 is 6.51. The molecule has 1 aromatic heterocycles. The fourth-order valence-electron chi connectivity index (χ4n) is 2.54. The number of rotatable bonds is 7. The van der Waals surface area contributed by atoms with Crippen LogP contribution in [-0.2, 0) is 16.1 Å². The Balaban J connectivity index is 2.25. The Morgan fingerprint density at radius 2 is 2.04 bits per heavy atom. The predicted molar refractivity (Wildman–Crippen MR) is 93.0 cm³/mol. The summed E-state index contributed by atoms with van der Waals surface area (Å²) in [6, 6.07) is 6.27. The van der Waals surface area contributed by atoms with Crippen molar-refractivity contribution in [2.45, 2.75) is 26.4 Å². The van der Waals surface area contributed by atoms with Gasteiger partial charge in [0, 0.05) is 17.8 Å². The molecule has 8 heteroatoms. The van der Waals surface area contributed by atoms with Gasteiger partial charge in [0.15, 0.2) is 6.04 Å². The summed E-state index contributed by atoms with van der Waals surface area (Å²) in [6.45, 7) is 3.77. The van der Waals surface area contributed by atoms with E-state index in [0.29, 0.717) is 28.5 Å². The first kappa shape index (κ1) is 19.0. The lowest BCUT2D eigenvalue weighted by atomic mass is 10.1. The lowest BCUT2D eigenvalue weighted by Crippen LogP contribution is -2.44. The molecule has 7 nitrogen and oxygen atoms in total. The van der Waals surface area contributed by atoms with Gasteiger partial charge in [0.25, 0.3) is 5.91 Å². The molecule has 0 aliphatic carbocycles. The SMILES string of the molecule is COCC(NC(=O)c1c(C)nn(Cc2ccccc2Cl)c1C)C(=O)O. The van der Waals surface area contributed by atoms with E-state index in [2.05, 4.69) is 10.4 Å². The van der Waals surface area contributed by atoms with E-state index in [-0.39, 0.29) is 6.61 Å². The van der Waals surface area contributed by atoms with Crippen LogP contribution in [0.25, 0.3) is 0 Å². The molecule has 0 aliphatic heterocycles. The minimum Gasteiger partial charge on any atom is -0.480 e. The number of carboxylic acids is 1. The van der Waals surface area contributed by atoms with Gasteiger partial charge >= 0.3 is 5.97 Å². The van der Waals surface area contributed by atoms with Gasteiger partial charge in [-0.05, 0) is 25.5 Å². The van der Waals surface area contributed by atoms with Crippen molar-refractivity contribution in [2.75, 3.05) is 13.7 Å². The number of benzene rings is 1. The second-order valence-corrected chi connectivity index (χ2v) is 6.02. The van der Waals surface area contributed by atoms with Gasteiger partial charge in [-0.25, -0.2) is 4.79 Å². The third-order valence-electron chi connectivity index (χ3n) is 3.82. The molecule has 2 N–H and O–H groups in total. The fourth-order valence-corrected chi connectivity index (χ4v) is 2.73. The quantitative estimate of drug-likeness (QED) is 0.783. The number of amides is 1. The summed E-state index contributed by atoms with van der Waals surface area (Å²) in [6.07, 6.45) is 0. The van der Waals surface area contributed by atoms with Crippen LogP contribution in [0.2, 0.25) is 5.02 Å². The lowest BCUT2D eigenvalue weighted by molar-refractivity contribution is -0.140. The highest BCUT2D eigenvalue weighted by Gasteiger charge is 2.25.